The Morgan fingerprint density at radius 3 is 2.68 bits per heavy atom. The molecule has 0 radical (unpaired) electrons. The summed E-state index contributed by atoms with van der Waals surface area (Å²) in [7, 11) is 0. The number of anilines is 1. The van der Waals surface area contributed by atoms with E-state index in [1.165, 1.54) is 31.3 Å². The molecule has 2 amide bonds. The molecule has 2 aliphatic rings. The number of allylic oxidation sites excluding steroid dienone is 1. The number of hydrogen-bond acceptors (Lipinski definition) is 3. The van der Waals surface area contributed by atoms with Gasteiger partial charge < -0.3 is 15.1 Å². The Hall–Kier alpha value is -2.48. The molecule has 1 aromatic carbocycles. The molecule has 1 aliphatic carbocycles. The molecule has 132 valence electrons. The SMILES string of the molecule is N#Cc1ccccc1N1CCN(C(=O)NCCC2=CCCCC2)CC1. The summed E-state index contributed by atoms with van der Waals surface area (Å²) in [4.78, 5) is 16.4. The molecule has 0 spiro atoms. The lowest BCUT2D eigenvalue weighted by Gasteiger charge is -2.36. The van der Waals surface area contributed by atoms with E-state index in [-0.39, 0.29) is 6.03 Å². The van der Waals surface area contributed by atoms with Crippen LogP contribution in [0.5, 0.6) is 0 Å². The van der Waals surface area contributed by atoms with Crippen molar-refractivity contribution in [3.8, 4) is 6.07 Å². The van der Waals surface area contributed by atoms with Crippen LogP contribution in [0.25, 0.3) is 0 Å². The van der Waals surface area contributed by atoms with Crippen molar-refractivity contribution in [2.45, 2.75) is 32.1 Å². The molecule has 1 saturated heterocycles. The van der Waals surface area contributed by atoms with Gasteiger partial charge in [-0.15, -0.1) is 0 Å². The third kappa shape index (κ3) is 4.54. The Morgan fingerprint density at radius 2 is 1.96 bits per heavy atom. The first-order valence-corrected chi connectivity index (χ1v) is 9.22. The smallest absolute Gasteiger partial charge is 0.317 e. The number of nitriles is 1. The Balaban J connectivity index is 1.44. The molecular weight excluding hydrogens is 312 g/mol. The van der Waals surface area contributed by atoms with Gasteiger partial charge in [0.25, 0.3) is 0 Å². The van der Waals surface area contributed by atoms with Gasteiger partial charge in [0.1, 0.15) is 6.07 Å². The van der Waals surface area contributed by atoms with Crippen molar-refractivity contribution in [1.82, 2.24) is 10.2 Å². The van der Waals surface area contributed by atoms with Crippen molar-refractivity contribution in [3.63, 3.8) is 0 Å². The van der Waals surface area contributed by atoms with Crippen LogP contribution in [0.2, 0.25) is 0 Å². The normalized spacial score (nSPS) is 17.6. The molecule has 0 saturated carbocycles. The minimum Gasteiger partial charge on any atom is -0.367 e. The zero-order chi connectivity index (χ0) is 17.5. The van der Waals surface area contributed by atoms with E-state index >= 15 is 0 Å². The second-order valence-electron chi connectivity index (χ2n) is 6.69. The maximum Gasteiger partial charge on any atom is 0.317 e. The summed E-state index contributed by atoms with van der Waals surface area (Å²) < 4.78 is 0. The standard InChI is InChI=1S/C20H26N4O/c21-16-18-8-4-5-9-19(18)23-12-14-24(15-13-23)20(25)22-11-10-17-6-2-1-3-7-17/h4-6,8-9H,1-3,7,10-15H2,(H,22,25). The lowest BCUT2D eigenvalue weighted by atomic mass is 9.97. The highest BCUT2D eigenvalue weighted by Crippen LogP contribution is 2.21. The predicted molar refractivity (Wildman–Crippen MR) is 99.5 cm³/mol. The summed E-state index contributed by atoms with van der Waals surface area (Å²) in [5.74, 6) is 0. The summed E-state index contributed by atoms with van der Waals surface area (Å²) in [6.07, 6.45) is 8.27. The quantitative estimate of drug-likeness (QED) is 0.857. The second-order valence-corrected chi connectivity index (χ2v) is 6.69. The number of rotatable bonds is 4. The van der Waals surface area contributed by atoms with Crippen molar-refractivity contribution in [2.24, 2.45) is 0 Å². The van der Waals surface area contributed by atoms with E-state index in [1.807, 2.05) is 29.2 Å². The van der Waals surface area contributed by atoms with Crippen LogP contribution in [0.4, 0.5) is 10.5 Å². The number of nitrogens with zero attached hydrogens (tertiary/aromatic N) is 3. The molecule has 1 aromatic rings. The Kier molecular flexibility index (Phi) is 5.95. The fourth-order valence-electron chi connectivity index (χ4n) is 3.57. The minimum absolute atomic E-state index is 0.0321. The Labute approximate surface area is 149 Å². The summed E-state index contributed by atoms with van der Waals surface area (Å²) in [6.45, 7) is 3.62. The van der Waals surface area contributed by atoms with E-state index in [1.54, 1.807) is 0 Å². The van der Waals surface area contributed by atoms with Crippen LogP contribution < -0.4 is 10.2 Å². The molecule has 5 nitrogen and oxygen atoms in total. The van der Waals surface area contributed by atoms with Gasteiger partial charge in [-0.3, -0.25) is 0 Å². The van der Waals surface area contributed by atoms with Gasteiger partial charge in [-0.2, -0.15) is 5.26 Å². The van der Waals surface area contributed by atoms with Crippen LogP contribution in [0.15, 0.2) is 35.9 Å². The molecule has 1 aliphatic heterocycles. The van der Waals surface area contributed by atoms with Crippen LogP contribution in [-0.2, 0) is 0 Å². The summed E-state index contributed by atoms with van der Waals surface area (Å²) in [6, 6.07) is 9.93. The highest BCUT2D eigenvalue weighted by Gasteiger charge is 2.22. The van der Waals surface area contributed by atoms with E-state index < -0.39 is 0 Å². The average molecular weight is 338 g/mol. The molecule has 0 bridgehead atoms. The molecule has 5 heteroatoms. The first kappa shape index (κ1) is 17.3. The lowest BCUT2D eigenvalue weighted by Crippen LogP contribution is -2.52. The molecular formula is C20H26N4O. The van der Waals surface area contributed by atoms with Gasteiger partial charge in [-0.25, -0.2) is 4.79 Å². The molecule has 1 N–H and O–H groups in total. The third-order valence-corrected chi connectivity index (χ3v) is 5.04. The Bertz CT molecular complexity index is 669. The van der Waals surface area contributed by atoms with Gasteiger partial charge in [-0.05, 0) is 44.2 Å². The first-order valence-electron chi connectivity index (χ1n) is 9.22. The van der Waals surface area contributed by atoms with E-state index in [0.717, 1.165) is 31.7 Å². The summed E-state index contributed by atoms with van der Waals surface area (Å²) in [5.41, 5.74) is 3.15. The largest absolute Gasteiger partial charge is 0.367 e. The number of para-hydroxylation sites is 1. The van der Waals surface area contributed by atoms with Crippen molar-refractivity contribution >= 4 is 11.7 Å². The fraction of sp³-hybridized carbons (Fsp3) is 0.500. The van der Waals surface area contributed by atoms with Crippen LogP contribution in [0, 0.1) is 11.3 Å². The van der Waals surface area contributed by atoms with Gasteiger partial charge in [0.15, 0.2) is 0 Å². The van der Waals surface area contributed by atoms with Crippen molar-refractivity contribution in [1.29, 1.82) is 5.26 Å². The van der Waals surface area contributed by atoms with Gasteiger partial charge in [0.05, 0.1) is 11.3 Å². The molecule has 0 atom stereocenters. The molecule has 0 aromatic heterocycles. The van der Waals surface area contributed by atoms with E-state index in [2.05, 4.69) is 22.4 Å². The predicted octanol–water partition coefficient (Wildman–Crippen LogP) is 3.28. The monoisotopic (exact) mass is 338 g/mol. The van der Waals surface area contributed by atoms with Crippen molar-refractivity contribution < 1.29 is 4.79 Å². The number of carbonyl (C=O) groups is 1. The first-order chi connectivity index (χ1) is 12.3. The van der Waals surface area contributed by atoms with Gasteiger partial charge >= 0.3 is 6.03 Å². The fourth-order valence-corrected chi connectivity index (χ4v) is 3.57. The second kappa shape index (κ2) is 8.57. The number of nitrogens with one attached hydrogen (secondary N) is 1. The van der Waals surface area contributed by atoms with Gasteiger partial charge in [0.2, 0.25) is 0 Å². The van der Waals surface area contributed by atoms with Crippen molar-refractivity contribution in [2.75, 3.05) is 37.6 Å². The number of amides is 2. The van der Waals surface area contributed by atoms with E-state index in [4.69, 9.17) is 0 Å². The molecule has 1 heterocycles. The maximum atomic E-state index is 12.3. The average Bonchev–Trinajstić information content (AvgIpc) is 2.69. The van der Waals surface area contributed by atoms with E-state index in [9.17, 15) is 10.1 Å². The number of urea groups is 1. The number of hydrogen-bond donors (Lipinski definition) is 1. The summed E-state index contributed by atoms with van der Waals surface area (Å²) in [5, 5.41) is 12.3. The van der Waals surface area contributed by atoms with Crippen LogP contribution >= 0.6 is 0 Å². The van der Waals surface area contributed by atoms with Crippen LogP contribution in [0.1, 0.15) is 37.7 Å². The van der Waals surface area contributed by atoms with Crippen LogP contribution in [0.3, 0.4) is 0 Å². The highest BCUT2D eigenvalue weighted by atomic mass is 16.2. The Morgan fingerprint density at radius 1 is 1.16 bits per heavy atom. The number of piperazine rings is 1. The van der Waals surface area contributed by atoms with E-state index in [0.29, 0.717) is 18.7 Å². The zero-order valence-corrected chi connectivity index (χ0v) is 14.7. The maximum absolute atomic E-state index is 12.3. The third-order valence-electron chi connectivity index (χ3n) is 5.04. The number of carbonyl (C=O) groups excluding carboxylic acids is 1. The molecule has 1 fully saturated rings. The van der Waals surface area contributed by atoms with Crippen molar-refractivity contribution in [3.05, 3.63) is 41.5 Å². The topological polar surface area (TPSA) is 59.4 Å². The van der Waals surface area contributed by atoms with Gasteiger partial charge in [0, 0.05) is 32.7 Å². The summed E-state index contributed by atoms with van der Waals surface area (Å²) >= 11 is 0. The zero-order valence-electron chi connectivity index (χ0n) is 14.7. The molecule has 0 unspecified atom stereocenters. The highest BCUT2D eigenvalue weighted by molar-refractivity contribution is 5.74. The molecule has 3 rings (SSSR count). The van der Waals surface area contributed by atoms with Crippen LogP contribution in [-0.4, -0.2) is 43.7 Å². The number of benzene rings is 1. The minimum atomic E-state index is 0.0321. The lowest BCUT2D eigenvalue weighted by molar-refractivity contribution is 0.194. The van der Waals surface area contributed by atoms with Gasteiger partial charge in [-0.1, -0.05) is 23.8 Å². The molecule has 25 heavy (non-hydrogen) atoms.